The SMILES string of the molecule is CCOC(=O)CC1CCc2cc(O)c(-c3ccc4ccccc4c3)cc21. The second-order valence-electron chi connectivity index (χ2n) is 6.87. The highest BCUT2D eigenvalue weighted by molar-refractivity contribution is 5.88. The molecule has 1 aliphatic carbocycles. The first-order valence-electron chi connectivity index (χ1n) is 9.16. The molecule has 1 unspecified atom stereocenters. The first-order valence-corrected chi connectivity index (χ1v) is 9.16. The molecule has 0 aromatic heterocycles. The lowest BCUT2D eigenvalue weighted by atomic mass is 9.92. The van der Waals surface area contributed by atoms with Crippen LogP contribution in [0.25, 0.3) is 21.9 Å². The average molecular weight is 346 g/mol. The highest BCUT2D eigenvalue weighted by atomic mass is 16.5. The van der Waals surface area contributed by atoms with E-state index in [1.54, 1.807) is 0 Å². The van der Waals surface area contributed by atoms with E-state index in [4.69, 9.17) is 4.74 Å². The van der Waals surface area contributed by atoms with Crippen molar-refractivity contribution < 1.29 is 14.6 Å². The normalized spacial score (nSPS) is 15.8. The fourth-order valence-electron chi connectivity index (χ4n) is 3.95. The summed E-state index contributed by atoms with van der Waals surface area (Å²) in [5, 5.41) is 12.9. The van der Waals surface area contributed by atoms with Crippen LogP contribution in [0.5, 0.6) is 5.75 Å². The van der Waals surface area contributed by atoms with Gasteiger partial charge in [-0.25, -0.2) is 0 Å². The van der Waals surface area contributed by atoms with Crippen LogP contribution in [0.2, 0.25) is 0 Å². The molecule has 0 saturated heterocycles. The number of rotatable bonds is 4. The van der Waals surface area contributed by atoms with Gasteiger partial charge in [0.15, 0.2) is 0 Å². The number of phenolic OH excluding ortho intramolecular Hbond substituents is 1. The van der Waals surface area contributed by atoms with Gasteiger partial charge in [0.2, 0.25) is 0 Å². The van der Waals surface area contributed by atoms with Crippen LogP contribution in [0.15, 0.2) is 54.6 Å². The number of aryl methyl sites for hydroxylation is 1. The van der Waals surface area contributed by atoms with Gasteiger partial charge in [-0.15, -0.1) is 0 Å². The molecule has 0 heterocycles. The Hall–Kier alpha value is -2.81. The summed E-state index contributed by atoms with van der Waals surface area (Å²) in [6.07, 6.45) is 2.22. The van der Waals surface area contributed by atoms with Gasteiger partial charge in [-0.1, -0.05) is 36.4 Å². The van der Waals surface area contributed by atoms with Crippen molar-refractivity contribution in [2.75, 3.05) is 6.61 Å². The van der Waals surface area contributed by atoms with Crippen LogP contribution in [0.1, 0.15) is 36.8 Å². The molecule has 4 rings (SSSR count). The van der Waals surface area contributed by atoms with Crippen LogP contribution in [0.4, 0.5) is 0 Å². The Balaban J connectivity index is 1.72. The number of aromatic hydroxyl groups is 1. The number of esters is 1. The van der Waals surface area contributed by atoms with Gasteiger partial charge in [0.25, 0.3) is 0 Å². The predicted molar refractivity (Wildman–Crippen MR) is 103 cm³/mol. The van der Waals surface area contributed by atoms with E-state index in [0.717, 1.165) is 34.9 Å². The van der Waals surface area contributed by atoms with E-state index < -0.39 is 0 Å². The molecule has 3 aromatic carbocycles. The molecule has 3 aromatic rings. The van der Waals surface area contributed by atoms with E-state index in [9.17, 15) is 9.90 Å². The van der Waals surface area contributed by atoms with E-state index in [2.05, 4.69) is 30.3 Å². The molecule has 0 bridgehead atoms. The first kappa shape index (κ1) is 16.6. The minimum absolute atomic E-state index is 0.148. The molecule has 0 radical (unpaired) electrons. The smallest absolute Gasteiger partial charge is 0.306 e. The summed E-state index contributed by atoms with van der Waals surface area (Å²) < 4.78 is 5.12. The standard InChI is InChI=1S/C23H22O3/c1-2-26-23(25)13-19-10-9-18-12-22(24)21(14-20(18)19)17-8-7-15-5-3-4-6-16(15)11-17/h3-8,11-12,14,19,24H,2,9-10,13H2,1H3. The summed E-state index contributed by atoms with van der Waals surface area (Å²) >= 11 is 0. The maximum absolute atomic E-state index is 11.9. The van der Waals surface area contributed by atoms with E-state index in [1.165, 1.54) is 10.9 Å². The van der Waals surface area contributed by atoms with Gasteiger partial charge in [0.1, 0.15) is 5.75 Å². The second-order valence-corrected chi connectivity index (χ2v) is 6.87. The lowest BCUT2D eigenvalue weighted by molar-refractivity contribution is -0.143. The van der Waals surface area contributed by atoms with Gasteiger partial charge in [0, 0.05) is 5.56 Å². The number of ether oxygens (including phenoxy) is 1. The summed E-state index contributed by atoms with van der Waals surface area (Å²) in [5.41, 5.74) is 4.12. The molecular formula is C23H22O3. The maximum Gasteiger partial charge on any atom is 0.306 e. The van der Waals surface area contributed by atoms with E-state index in [0.29, 0.717) is 18.8 Å². The van der Waals surface area contributed by atoms with Gasteiger partial charge >= 0.3 is 5.97 Å². The second kappa shape index (κ2) is 6.83. The fourth-order valence-corrected chi connectivity index (χ4v) is 3.95. The molecule has 3 heteroatoms. The van der Waals surface area contributed by atoms with Crippen LogP contribution in [0, 0.1) is 0 Å². The molecule has 26 heavy (non-hydrogen) atoms. The van der Waals surface area contributed by atoms with Crippen LogP contribution >= 0.6 is 0 Å². The number of fused-ring (bicyclic) bond motifs is 2. The molecule has 0 spiro atoms. The van der Waals surface area contributed by atoms with Crippen LogP contribution < -0.4 is 0 Å². The van der Waals surface area contributed by atoms with Gasteiger partial charge < -0.3 is 9.84 Å². The third-order valence-electron chi connectivity index (χ3n) is 5.24. The number of carbonyl (C=O) groups excluding carboxylic acids is 1. The summed E-state index contributed by atoms with van der Waals surface area (Å²) in [6, 6.07) is 18.3. The van der Waals surface area contributed by atoms with Crippen LogP contribution in [-0.4, -0.2) is 17.7 Å². The first-order chi connectivity index (χ1) is 12.7. The molecule has 0 aliphatic heterocycles. The van der Waals surface area contributed by atoms with Gasteiger partial charge in [-0.3, -0.25) is 4.79 Å². The Morgan fingerprint density at radius 3 is 2.73 bits per heavy atom. The summed E-state index contributed by atoms with van der Waals surface area (Å²) in [6.45, 7) is 2.24. The van der Waals surface area contributed by atoms with Crippen molar-refractivity contribution in [2.24, 2.45) is 0 Å². The predicted octanol–water partition coefficient (Wildman–Crippen LogP) is 5.20. The quantitative estimate of drug-likeness (QED) is 0.661. The third-order valence-corrected chi connectivity index (χ3v) is 5.24. The summed E-state index contributed by atoms with van der Waals surface area (Å²) in [5.74, 6) is 0.324. The Bertz CT molecular complexity index is 974. The minimum Gasteiger partial charge on any atom is -0.507 e. The lowest BCUT2D eigenvalue weighted by Crippen LogP contribution is -2.08. The minimum atomic E-state index is -0.148. The molecule has 132 valence electrons. The van der Waals surface area contributed by atoms with Gasteiger partial charge in [0.05, 0.1) is 13.0 Å². The number of benzene rings is 3. The van der Waals surface area contributed by atoms with Crippen LogP contribution in [0.3, 0.4) is 0 Å². The third kappa shape index (κ3) is 3.05. The fraction of sp³-hybridized carbons (Fsp3) is 0.261. The Morgan fingerprint density at radius 2 is 1.92 bits per heavy atom. The lowest BCUT2D eigenvalue weighted by Gasteiger charge is -2.14. The Morgan fingerprint density at radius 1 is 1.12 bits per heavy atom. The van der Waals surface area contributed by atoms with Crippen LogP contribution in [-0.2, 0) is 16.0 Å². The van der Waals surface area contributed by atoms with Crippen molar-refractivity contribution in [3.63, 3.8) is 0 Å². The van der Waals surface area contributed by atoms with Crippen molar-refractivity contribution in [3.8, 4) is 16.9 Å². The number of carbonyl (C=O) groups is 1. The molecule has 0 amide bonds. The monoisotopic (exact) mass is 346 g/mol. The van der Waals surface area contributed by atoms with E-state index in [-0.39, 0.29) is 11.9 Å². The Labute approximate surface area is 153 Å². The highest BCUT2D eigenvalue weighted by Crippen LogP contribution is 2.42. The Kier molecular flexibility index (Phi) is 4.37. The van der Waals surface area contributed by atoms with Crippen molar-refractivity contribution in [1.82, 2.24) is 0 Å². The molecule has 0 saturated carbocycles. The summed E-state index contributed by atoms with van der Waals surface area (Å²) in [7, 11) is 0. The molecule has 1 aliphatic rings. The number of phenols is 1. The average Bonchev–Trinajstić information content (AvgIpc) is 3.02. The van der Waals surface area contributed by atoms with Crippen molar-refractivity contribution in [2.45, 2.75) is 32.1 Å². The maximum atomic E-state index is 11.9. The topological polar surface area (TPSA) is 46.5 Å². The van der Waals surface area contributed by atoms with E-state index >= 15 is 0 Å². The molecule has 1 atom stereocenters. The highest BCUT2D eigenvalue weighted by Gasteiger charge is 2.27. The van der Waals surface area contributed by atoms with Gasteiger partial charge in [-0.05, 0) is 71.3 Å². The molecule has 3 nitrogen and oxygen atoms in total. The molecule has 1 N–H and O–H groups in total. The largest absolute Gasteiger partial charge is 0.507 e. The van der Waals surface area contributed by atoms with Crippen molar-refractivity contribution >= 4 is 16.7 Å². The van der Waals surface area contributed by atoms with Gasteiger partial charge in [-0.2, -0.15) is 0 Å². The van der Waals surface area contributed by atoms with Crippen molar-refractivity contribution in [1.29, 1.82) is 0 Å². The zero-order chi connectivity index (χ0) is 18.1. The zero-order valence-electron chi connectivity index (χ0n) is 14.9. The van der Waals surface area contributed by atoms with Crippen molar-refractivity contribution in [3.05, 3.63) is 65.7 Å². The number of hydrogen-bond donors (Lipinski definition) is 1. The zero-order valence-corrected chi connectivity index (χ0v) is 14.9. The van der Waals surface area contributed by atoms with E-state index in [1.807, 2.05) is 31.2 Å². The molecule has 0 fully saturated rings. The molecular weight excluding hydrogens is 324 g/mol. The summed E-state index contributed by atoms with van der Waals surface area (Å²) in [4.78, 5) is 11.9. The number of hydrogen-bond acceptors (Lipinski definition) is 3.